The summed E-state index contributed by atoms with van der Waals surface area (Å²) in [5.41, 5.74) is -0.280. The molecule has 1 aromatic rings. The molecule has 1 rings (SSSR count). The number of nitro benzene ring substituents is 1. The van der Waals surface area contributed by atoms with E-state index in [9.17, 15) is 19.9 Å². The lowest BCUT2D eigenvalue weighted by atomic mass is 9.95. The number of nitro groups is 1. The van der Waals surface area contributed by atoms with Crippen molar-refractivity contribution in [3.05, 3.63) is 37.6 Å². The van der Waals surface area contributed by atoms with E-state index in [1.807, 2.05) is 6.92 Å². The van der Waals surface area contributed by atoms with Gasteiger partial charge in [0.1, 0.15) is 11.4 Å². The topological polar surface area (TPSA) is 102 Å². The number of non-ortho nitro benzene ring substituents is 1. The molecule has 0 amide bonds. The van der Waals surface area contributed by atoms with Gasteiger partial charge in [-0.2, -0.15) is 0 Å². The fourth-order valence-corrected chi connectivity index (χ4v) is 1.50. The third kappa shape index (κ3) is 2.49. The molecule has 17 heavy (non-hydrogen) atoms. The summed E-state index contributed by atoms with van der Waals surface area (Å²) in [6.07, 6.45) is 0.669. The van der Waals surface area contributed by atoms with Gasteiger partial charge in [0.05, 0.1) is 4.92 Å². The van der Waals surface area contributed by atoms with Crippen LogP contribution in [0.25, 0.3) is 0 Å². The highest BCUT2D eigenvalue weighted by Gasteiger charge is 2.20. The van der Waals surface area contributed by atoms with Crippen LogP contribution in [-0.4, -0.2) is 4.92 Å². The summed E-state index contributed by atoms with van der Waals surface area (Å²) in [6, 6.07) is 2.22. The molecule has 90 valence electrons. The van der Waals surface area contributed by atoms with Crippen molar-refractivity contribution in [1.29, 1.82) is 0 Å². The van der Waals surface area contributed by atoms with E-state index in [1.54, 1.807) is 6.92 Å². The zero-order valence-electron chi connectivity index (χ0n) is 9.41. The first kappa shape index (κ1) is 12.9. The first-order valence-electron chi connectivity index (χ1n) is 5.04. The molecule has 0 N–H and O–H groups in total. The predicted octanol–water partition coefficient (Wildman–Crippen LogP) is 3.90. The second-order valence-corrected chi connectivity index (χ2v) is 3.65. The summed E-state index contributed by atoms with van der Waals surface area (Å²) < 4.78 is 0. The van der Waals surface area contributed by atoms with E-state index in [4.69, 9.17) is 0 Å². The number of benzene rings is 1. The number of hydrogen-bond acceptors (Lipinski definition) is 6. The molecular weight excluding hydrogens is 226 g/mol. The van der Waals surface area contributed by atoms with Gasteiger partial charge in [-0.05, 0) is 28.3 Å². The molecule has 1 atom stereocenters. The van der Waals surface area contributed by atoms with Crippen LogP contribution in [0.15, 0.2) is 22.5 Å². The zero-order chi connectivity index (χ0) is 13.0. The van der Waals surface area contributed by atoms with Crippen molar-refractivity contribution in [2.45, 2.75) is 26.2 Å². The smallest absolute Gasteiger partial charge is 0.258 e. The van der Waals surface area contributed by atoms with Gasteiger partial charge in [0.2, 0.25) is 0 Å². The van der Waals surface area contributed by atoms with E-state index in [0.717, 1.165) is 6.07 Å². The summed E-state index contributed by atoms with van der Waals surface area (Å²) in [5.74, 6) is -0.108. The fourth-order valence-electron chi connectivity index (χ4n) is 1.50. The molecule has 0 saturated heterocycles. The Morgan fingerprint density at radius 3 is 2.41 bits per heavy atom. The zero-order valence-corrected chi connectivity index (χ0v) is 9.41. The van der Waals surface area contributed by atoms with Gasteiger partial charge in [-0.1, -0.05) is 13.8 Å². The Balaban J connectivity index is 3.52. The van der Waals surface area contributed by atoms with Gasteiger partial charge in [0, 0.05) is 12.1 Å². The third-order valence-corrected chi connectivity index (χ3v) is 2.65. The van der Waals surface area contributed by atoms with Gasteiger partial charge in [-0.3, -0.25) is 10.1 Å². The highest BCUT2D eigenvalue weighted by molar-refractivity contribution is 5.70. The van der Waals surface area contributed by atoms with Gasteiger partial charge in [0.25, 0.3) is 5.69 Å². The van der Waals surface area contributed by atoms with Crippen molar-refractivity contribution in [1.82, 2.24) is 0 Å². The third-order valence-electron chi connectivity index (χ3n) is 2.65. The van der Waals surface area contributed by atoms with Crippen LogP contribution in [0.3, 0.4) is 0 Å². The van der Waals surface area contributed by atoms with Crippen LogP contribution < -0.4 is 0 Å². The van der Waals surface area contributed by atoms with Crippen molar-refractivity contribution < 1.29 is 4.92 Å². The van der Waals surface area contributed by atoms with Gasteiger partial charge >= 0.3 is 0 Å². The molecule has 7 nitrogen and oxygen atoms in total. The first-order chi connectivity index (χ1) is 8.04. The minimum absolute atomic E-state index is 0.108. The van der Waals surface area contributed by atoms with E-state index in [-0.39, 0.29) is 23.0 Å². The molecule has 7 heteroatoms. The normalized spacial score (nSPS) is 11.9. The number of nitrogens with zero attached hydrogens (tertiary/aromatic N) is 3. The predicted molar refractivity (Wildman–Crippen MR) is 62.7 cm³/mol. The monoisotopic (exact) mass is 237 g/mol. The second-order valence-electron chi connectivity index (χ2n) is 3.65. The molecule has 0 saturated carbocycles. The van der Waals surface area contributed by atoms with Crippen molar-refractivity contribution >= 4 is 17.1 Å². The summed E-state index contributed by atoms with van der Waals surface area (Å²) in [6.45, 7) is 3.66. The molecule has 0 radical (unpaired) electrons. The van der Waals surface area contributed by atoms with Crippen molar-refractivity contribution in [2.75, 3.05) is 0 Å². The number of hydrogen-bond donors (Lipinski definition) is 0. The van der Waals surface area contributed by atoms with Gasteiger partial charge in [-0.15, -0.1) is 9.81 Å². The molecule has 0 aromatic heterocycles. The summed E-state index contributed by atoms with van der Waals surface area (Å²) in [7, 11) is 0. The molecule has 1 unspecified atom stereocenters. The lowest BCUT2D eigenvalue weighted by Crippen LogP contribution is -1.95. The molecule has 0 fully saturated rings. The average molecular weight is 237 g/mol. The molecule has 0 spiro atoms. The largest absolute Gasteiger partial charge is 0.272 e. The Hall–Kier alpha value is -2.18. The quantitative estimate of drug-likeness (QED) is 0.440. The summed E-state index contributed by atoms with van der Waals surface area (Å²) in [5, 5.41) is 16.0. The molecule has 0 heterocycles. The average Bonchev–Trinajstić information content (AvgIpc) is 2.35. The Morgan fingerprint density at radius 2 is 2.00 bits per heavy atom. The van der Waals surface area contributed by atoms with E-state index >= 15 is 0 Å². The SMILES string of the molecule is CCC(C)c1cc([N+](=O)[O-])cc(N=O)c1N=O. The first-order valence-corrected chi connectivity index (χ1v) is 5.04. The molecule has 0 aliphatic rings. The number of nitroso groups, excluding NO2 is 2. The minimum Gasteiger partial charge on any atom is -0.258 e. The maximum absolute atomic E-state index is 10.7. The Bertz CT molecular complexity index is 473. The standard InChI is InChI=1S/C10H11N3O4/c1-3-6(2)8-4-7(13(16)17)5-9(11-14)10(8)12-15/h4-6H,3H2,1-2H3. The van der Waals surface area contributed by atoms with Crippen LogP contribution in [0.4, 0.5) is 17.1 Å². The molecular formula is C10H11N3O4. The fraction of sp³-hybridized carbons (Fsp3) is 0.400. The molecule has 0 bridgehead atoms. The highest BCUT2D eigenvalue weighted by atomic mass is 16.6. The summed E-state index contributed by atoms with van der Waals surface area (Å²) in [4.78, 5) is 31.3. The maximum Gasteiger partial charge on any atom is 0.272 e. The summed E-state index contributed by atoms with van der Waals surface area (Å²) >= 11 is 0. The van der Waals surface area contributed by atoms with Crippen LogP contribution in [0.1, 0.15) is 31.7 Å². The lowest BCUT2D eigenvalue weighted by molar-refractivity contribution is -0.384. The number of rotatable bonds is 5. The minimum atomic E-state index is -0.630. The van der Waals surface area contributed by atoms with Gasteiger partial charge in [0.15, 0.2) is 0 Å². The van der Waals surface area contributed by atoms with Crippen molar-refractivity contribution in [2.24, 2.45) is 10.4 Å². The van der Waals surface area contributed by atoms with Gasteiger partial charge in [-0.25, -0.2) is 0 Å². The Labute approximate surface area is 96.9 Å². The van der Waals surface area contributed by atoms with Gasteiger partial charge < -0.3 is 0 Å². The molecule has 0 aliphatic carbocycles. The molecule has 1 aromatic carbocycles. The van der Waals surface area contributed by atoms with E-state index < -0.39 is 4.92 Å². The highest BCUT2D eigenvalue weighted by Crippen LogP contribution is 2.40. The van der Waals surface area contributed by atoms with E-state index in [2.05, 4.69) is 10.4 Å². The molecule has 0 aliphatic heterocycles. The van der Waals surface area contributed by atoms with Crippen LogP contribution >= 0.6 is 0 Å². The lowest BCUT2D eigenvalue weighted by Gasteiger charge is -2.11. The second kappa shape index (κ2) is 5.24. The maximum atomic E-state index is 10.7. The van der Waals surface area contributed by atoms with Crippen molar-refractivity contribution in [3.63, 3.8) is 0 Å². The Morgan fingerprint density at radius 1 is 1.35 bits per heavy atom. The van der Waals surface area contributed by atoms with Crippen LogP contribution in [-0.2, 0) is 0 Å². The van der Waals surface area contributed by atoms with Crippen LogP contribution in [0.5, 0.6) is 0 Å². The van der Waals surface area contributed by atoms with Crippen LogP contribution in [0.2, 0.25) is 0 Å². The van der Waals surface area contributed by atoms with Crippen LogP contribution in [0, 0.1) is 19.9 Å². The van der Waals surface area contributed by atoms with Crippen molar-refractivity contribution in [3.8, 4) is 0 Å². The van der Waals surface area contributed by atoms with E-state index in [0.29, 0.717) is 12.0 Å². The Kier molecular flexibility index (Phi) is 3.97. The van der Waals surface area contributed by atoms with E-state index in [1.165, 1.54) is 6.07 Å².